The van der Waals surface area contributed by atoms with Gasteiger partial charge >= 0.3 is 0 Å². The first kappa shape index (κ1) is 12.6. The molecule has 0 amide bonds. The lowest BCUT2D eigenvalue weighted by molar-refractivity contribution is -0.131. The zero-order valence-corrected chi connectivity index (χ0v) is 9.90. The summed E-state index contributed by atoms with van der Waals surface area (Å²) in [6.45, 7) is 5.49. The van der Waals surface area contributed by atoms with E-state index in [2.05, 4.69) is 4.98 Å². The molecule has 1 aromatic rings. The highest BCUT2D eigenvalue weighted by atomic mass is 16.3. The molecule has 0 radical (unpaired) electrons. The van der Waals surface area contributed by atoms with Crippen molar-refractivity contribution in [3.63, 3.8) is 0 Å². The maximum Gasteiger partial charge on any atom is 0.166 e. The number of ketones is 1. The number of nitrogens with two attached hydrogens (primary N) is 1. The minimum atomic E-state index is -0.957. The number of aliphatic hydroxyl groups is 1. The van der Waals surface area contributed by atoms with E-state index in [0.717, 1.165) is 5.56 Å². The lowest BCUT2D eigenvalue weighted by atomic mass is 9.85. The van der Waals surface area contributed by atoms with E-state index in [1.807, 2.05) is 20.8 Å². The molecule has 1 rings (SSSR count). The number of Topliss-reactive ketones (excluding diaryl/α,β-unsaturated/α-hetero) is 1. The van der Waals surface area contributed by atoms with Crippen LogP contribution >= 0.6 is 0 Å². The maximum atomic E-state index is 11.8. The number of hydrogen-bond acceptors (Lipinski definition) is 4. The van der Waals surface area contributed by atoms with Crippen molar-refractivity contribution in [3.8, 4) is 0 Å². The highest BCUT2D eigenvalue weighted by molar-refractivity contribution is 5.85. The summed E-state index contributed by atoms with van der Waals surface area (Å²) in [5, 5.41) is 9.79. The van der Waals surface area contributed by atoms with Gasteiger partial charge in [0.2, 0.25) is 0 Å². The Balaban J connectivity index is 2.72. The molecule has 1 heterocycles. The average Bonchev–Trinajstić information content (AvgIpc) is 2.15. The van der Waals surface area contributed by atoms with Gasteiger partial charge in [0.25, 0.3) is 0 Å². The largest absolute Gasteiger partial charge is 0.385 e. The van der Waals surface area contributed by atoms with E-state index in [0.29, 0.717) is 5.82 Å². The molecule has 1 aromatic heterocycles. The lowest BCUT2D eigenvalue weighted by Gasteiger charge is -2.24. The first-order valence-corrected chi connectivity index (χ1v) is 5.22. The van der Waals surface area contributed by atoms with Crippen molar-refractivity contribution in [2.75, 3.05) is 5.73 Å². The molecule has 0 saturated heterocycles. The van der Waals surface area contributed by atoms with Crippen LogP contribution in [0.1, 0.15) is 26.3 Å². The molecule has 3 N–H and O–H groups in total. The Labute approximate surface area is 95.5 Å². The second kappa shape index (κ2) is 4.61. The molecule has 88 valence electrons. The number of carbonyl (C=O) groups excluding carboxylic acids is 1. The molecule has 0 fully saturated rings. The molecular weight excluding hydrogens is 204 g/mol. The van der Waals surface area contributed by atoms with Crippen LogP contribution in [0.4, 0.5) is 5.82 Å². The van der Waals surface area contributed by atoms with Gasteiger partial charge in [0.05, 0.1) is 0 Å². The Hall–Kier alpha value is -1.42. The normalized spacial score (nSPS) is 13.5. The van der Waals surface area contributed by atoms with Gasteiger partial charge in [-0.2, -0.15) is 0 Å². The fourth-order valence-corrected chi connectivity index (χ4v) is 1.39. The zero-order chi connectivity index (χ0) is 12.3. The number of carbonyl (C=O) groups is 1. The van der Waals surface area contributed by atoms with E-state index >= 15 is 0 Å². The molecule has 0 bridgehead atoms. The van der Waals surface area contributed by atoms with Crippen molar-refractivity contribution in [3.05, 3.63) is 23.9 Å². The number of aromatic nitrogens is 1. The first-order valence-electron chi connectivity index (χ1n) is 5.22. The third kappa shape index (κ3) is 3.31. The summed E-state index contributed by atoms with van der Waals surface area (Å²) in [5.41, 5.74) is 5.85. The van der Waals surface area contributed by atoms with Crippen LogP contribution in [0.5, 0.6) is 0 Å². The van der Waals surface area contributed by atoms with Gasteiger partial charge in [-0.25, -0.2) is 4.98 Å². The van der Waals surface area contributed by atoms with E-state index in [9.17, 15) is 9.90 Å². The quantitative estimate of drug-likeness (QED) is 0.805. The summed E-state index contributed by atoms with van der Waals surface area (Å²) in [6.07, 6.45) is 0.786. The summed E-state index contributed by atoms with van der Waals surface area (Å²) in [7, 11) is 0. The van der Waals surface area contributed by atoms with Crippen molar-refractivity contribution < 1.29 is 9.90 Å². The molecule has 4 heteroatoms. The van der Waals surface area contributed by atoms with E-state index < -0.39 is 11.5 Å². The van der Waals surface area contributed by atoms with Gasteiger partial charge in [-0.15, -0.1) is 0 Å². The second-order valence-electron chi connectivity index (χ2n) is 5.00. The van der Waals surface area contributed by atoms with Crippen LogP contribution in [-0.4, -0.2) is 22.0 Å². The number of anilines is 1. The Bertz CT molecular complexity index is 383. The summed E-state index contributed by atoms with van der Waals surface area (Å²) in [6, 6.07) is 3.37. The minimum absolute atomic E-state index is 0.186. The molecule has 0 spiro atoms. The van der Waals surface area contributed by atoms with Crippen molar-refractivity contribution >= 4 is 11.6 Å². The summed E-state index contributed by atoms with van der Waals surface area (Å²) < 4.78 is 0. The number of pyridine rings is 1. The topological polar surface area (TPSA) is 76.2 Å². The van der Waals surface area contributed by atoms with Gasteiger partial charge in [-0.05, 0) is 23.1 Å². The second-order valence-corrected chi connectivity index (χ2v) is 5.00. The van der Waals surface area contributed by atoms with Crippen LogP contribution in [0, 0.1) is 5.41 Å². The standard InChI is InChI=1S/C12H18N2O2/c1-12(2,3)11(16)9(15)6-8-4-5-14-10(13)7-8/h4-5,7,11,16H,6H2,1-3H3,(H2,13,14). The minimum Gasteiger partial charge on any atom is -0.385 e. The Kier molecular flexibility index (Phi) is 3.65. The van der Waals surface area contributed by atoms with Crippen LogP contribution < -0.4 is 5.73 Å². The van der Waals surface area contributed by atoms with Crippen molar-refractivity contribution in [2.45, 2.75) is 33.3 Å². The van der Waals surface area contributed by atoms with Gasteiger partial charge in [-0.3, -0.25) is 4.79 Å². The number of hydrogen-bond donors (Lipinski definition) is 2. The van der Waals surface area contributed by atoms with E-state index in [1.54, 1.807) is 18.3 Å². The molecule has 16 heavy (non-hydrogen) atoms. The molecule has 4 nitrogen and oxygen atoms in total. The highest BCUT2D eigenvalue weighted by Gasteiger charge is 2.28. The number of nitrogen functional groups attached to an aromatic ring is 1. The predicted octanol–water partition coefficient (Wildman–Crippen LogP) is 1.18. The smallest absolute Gasteiger partial charge is 0.166 e. The molecule has 1 atom stereocenters. The molecule has 0 aliphatic heterocycles. The van der Waals surface area contributed by atoms with E-state index in [4.69, 9.17) is 5.73 Å². The summed E-state index contributed by atoms with van der Waals surface area (Å²) in [5.74, 6) is 0.189. The SMILES string of the molecule is CC(C)(C)C(O)C(=O)Cc1ccnc(N)c1. The highest BCUT2D eigenvalue weighted by Crippen LogP contribution is 2.21. The summed E-state index contributed by atoms with van der Waals surface area (Å²) in [4.78, 5) is 15.6. The van der Waals surface area contributed by atoms with Gasteiger partial charge in [0.15, 0.2) is 5.78 Å². The van der Waals surface area contributed by atoms with Crippen molar-refractivity contribution in [2.24, 2.45) is 5.41 Å². The number of aliphatic hydroxyl groups excluding tert-OH is 1. The molecular formula is C12H18N2O2. The van der Waals surface area contributed by atoms with Crippen LogP contribution in [0.2, 0.25) is 0 Å². The maximum absolute atomic E-state index is 11.8. The number of rotatable bonds is 3. The Morgan fingerprint density at radius 2 is 2.19 bits per heavy atom. The van der Waals surface area contributed by atoms with Crippen LogP contribution in [0.25, 0.3) is 0 Å². The van der Waals surface area contributed by atoms with Gasteiger partial charge < -0.3 is 10.8 Å². The molecule has 0 aliphatic carbocycles. The van der Waals surface area contributed by atoms with E-state index in [-0.39, 0.29) is 12.2 Å². The predicted molar refractivity (Wildman–Crippen MR) is 62.8 cm³/mol. The lowest BCUT2D eigenvalue weighted by Crippen LogP contribution is -2.35. The molecule has 0 aromatic carbocycles. The Morgan fingerprint density at radius 3 is 2.69 bits per heavy atom. The fraction of sp³-hybridized carbons (Fsp3) is 0.500. The van der Waals surface area contributed by atoms with Gasteiger partial charge in [0.1, 0.15) is 11.9 Å². The third-order valence-electron chi connectivity index (χ3n) is 2.35. The van der Waals surface area contributed by atoms with Crippen molar-refractivity contribution in [1.29, 1.82) is 0 Å². The van der Waals surface area contributed by atoms with Gasteiger partial charge in [0, 0.05) is 12.6 Å². The summed E-state index contributed by atoms with van der Waals surface area (Å²) >= 11 is 0. The van der Waals surface area contributed by atoms with Crippen LogP contribution in [0.3, 0.4) is 0 Å². The first-order chi connectivity index (χ1) is 7.30. The molecule has 1 unspecified atom stereocenters. The molecule has 0 saturated carbocycles. The van der Waals surface area contributed by atoms with Crippen molar-refractivity contribution in [1.82, 2.24) is 4.98 Å². The number of nitrogens with zero attached hydrogens (tertiary/aromatic N) is 1. The van der Waals surface area contributed by atoms with Gasteiger partial charge in [-0.1, -0.05) is 20.8 Å². The zero-order valence-electron chi connectivity index (χ0n) is 9.90. The molecule has 0 aliphatic rings. The van der Waals surface area contributed by atoms with Crippen LogP contribution in [-0.2, 0) is 11.2 Å². The fourth-order valence-electron chi connectivity index (χ4n) is 1.39. The monoisotopic (exact) mass is 222 g/mol. The Morgan fingerprint density at radius 1 is 1.56 bits per heavy atom. The van der Waals surface area contributed by atoms with Crippen LogP contribution in [0.15, 0.2) is 18.3 Å². The average molecular weight is 222 g/mol. The third-order valence-corrected chi connectivity index (χ3v) is 2.35. The van der Waals surface area contributed by atoms with E-state index in [1.165, 1.54) is 0 Å².